The smallest absolute Gasteiger partial charge is 0.321 e. The molecule has 0 radical (unpaired) electrons. The molecular formula is C22H26N2O4. The molecule has 2 aromatic rings. The van der Waals surface area contributed by atoms with E-state index in [2.05, 4.69) is 17.4 Å². The first-order valence-electron chi connectivity index (χ1n) is 9.65. The van der Waals surface area contributed by atoms with E-state index in [1.54, 1.807) is 14.2 Å². The number of likely N-dealkylation sites (tertiary alicyclic amines) is 1. The molecule has 0 aliphatic carbocycles. The molecule has 0 atom stereocenters. The number of ether oxygens (including phenoxy) is 3. The minimum absolute atomic E-state index is 0.0890. The van der Waals surface area contributed by atoms with Gasteiger partial charge in [0.15, 0.2) is 0 Å². The number of fused-ring (bicyclic) bond motifs is 2. The normalized spacial score (nSPS) is 17.7. The van der Waals surface area contributed by atoms with Gasteiger partial charge in [0.25, 0.3) is 0 Å². The molecule has 2 heterocycles. The van der Waals surface area contributed by atoms with E-state index < -0.39 is 0 Å². The number of anilines is 1. The summed E-state index contributed by atoms with van der Waals surface area (Å²) in [6.07, 6.45) is 2.48. The fraction of sp³-hybridized carbons (Fsp3) is 0.409. The van der Waals surface area contributed by atoms with E-state index in [9.17, 15) is 4.79 Å². The lowest BCUT2D eigenvalue weighted by Crippen LogP contribution is -2.49. The highest BCUT2D eigenvalue weighted by Gasteiger charge is 2.41. The molecule has 2 amide bonds. The number of rotatable bonds is 3. The summed E-state index contributed by atoms with van der Waals surface area (Å²) >= 11 is 0. The highest BCUT2D eigenvalue weighted by Crippen LogP contribution is 2.42. The van der Waals surface area contributed by atoms with Crippen LogP contribution in [0.5, 0.6) is 11.5 Å². The molecule has 2 aliphatic heterocycles. The van der Waals surface area contributed by atoms with Gasteiger partial charge in [-0.25, -0.2) is 4.79 Å². The van der Waals surface area contributed by atoms with Gasteiger partial charge in [-0.2, -0.15) is 0 Å². The van der Waals surface area contributed by atoms with Crippen LogP contribution in [-0.4, -0.2) is 44.8 Å². The van der Waals surface area contributed by atoms with Crippen molar-refractivity contribution in [2.45, 2.75) is 24.9 Å². The van der Waals surface area contributed by atoms with Gasteiger partial charge >= 0.3 is 6.03 Å². The number of amides is 2. The SMILES string of the molecule is COc1cccc(NC(=O)N2CCC3(CC2)OCCc2cc(OC)ccc23)c1. The summed E-state index contributed by atoms with van der Waals surface area (Å²) in [4.78, 5) is 14.5. The van der Waals surface area contributed by atoms with Gasteiger partial charge in [0, 0.05) is 24.8 Å². The van der Waals surface area contributed by atoms with Gasteiger partial charge < -0.3 is 24.4 Å². The third kappa shape index (κ3) is 3.52. The van der Waals surface area contributed by atoms with Crippen molar-refractivity contribution in [3.05, 3.63) is 53.6 Å². The number of benzene rings is 2. The Labute approximate surface area is 165 Å². The van der Waals surface area contributed by atoms with Crippen LogP contribution in [-0.2, 0) is 16.8 Å². The molecule has 1 fully saturated rings. The molecular weight excluding hydrogens is 356 g/mol. The molecule has 4 rings (SSSR count). The topological polar surface area (TPSA) is 60.0 Å². The maximum Gasteiger partial charge on any atom is 0.321 e. The minimum atomic E-state index is -0.299. The van der Waals surface area contributed by atoms with Gasteiger partial charge in [-0.05, 0) is 54.7 Å². The summed E-state index contributed by atoms with van der Waals surface area (Å²) in [6, 6.07) is 13.5. The van der Waals surface area contributed by atoms with Crippen LogP contribution in [0.25, 0.3) is 0 Å². The Morgan fingerprint density at radius 3 is 2.57 bits per heavy atom. The number of carbonyl (C=O) groups excluding carboxylic acids is 1. The van der Waals surface area contributed by atoms with Crippen molar-refractivity contribution < 1.29 is 19.0 Å². The van der Waals surface area contributed by atoms with Crippen LogP contribution in [0.1, 0.15) is 24.0 Å². The molecule has 2 aliphatic rings. The van der Waals surface area contributed by atoms with Gasteiger partial charge in [-0.3, -0.25) is 0 Å². The van der Waals surface area contributed by atoms with Crippen molar-refractivity contribution >= 4 is 11.7 Å². The van der Waals surface area contributed by atoms with Gasteiger partial charge in [-0.1, -0.05) is 12.1 Å². The summed E-state index contributed by atoms with van der Waals surface area (Å²) in [5.41, 5.74) is 2.97. The third-order valence-electron chi connectivity index (χ3n) is 5.73. The van der Waals surface area contributed by atoms with Gasteiger partial charge in [0.2, 0.25) is 0 Å². The van der Waals surface area contributed by atoms with Crippen molar-refractivity contribution in [1.82, 2.24) is 4.90 Å². The van der Waals surface area contributed by atoms with E-state index >= 15 is 0 Å². The summed E-state index contributed by atoms with van der Waals surface area (Å²) < 4.78 is 16.9. The minimum Gasteiger partial charge on any atom is -0.497 e. The van der Waals surface area contributed by atoms with Crippen molar-refractivity contribution in [2.24, 2.45) is 0 Å². The Morgan fingerprint density at radius 1 is 1.07 bits per heavy atom. The van der Waals surface area contributed by atoms with E-state index in [1.807, 2.05) is 35.2 Å². The lowest BCUT2D eigenvalue weighted by atomic mass is 9.79. The molecule has 28 heavy (non-hydrogen) atoms. The van der Waals surface area contributed by atoms with Crippen LogP contribution in [0, 0.1) is 0 Å². The number of piperidine rings is 1. The number of nitrogens with zero attached hydrogens (tertiary/aromatic N) is 1. The van der Waals surface area contributed by atoms with Gasteiger partial charge in [0.1, 0.15) is 11.5 Å². The van der Waals surface area contributed by atoms with Crippen LogP contribution >= 0.6 is 0 Å². The van der Waals surface area contributed by atoms with Crippen LogP contribution < -0.4 is 14.8 Å². The highest BCUT2D eigenvalue weighted by atomic mass is 16.5. The Hall–Kier alpha value is -2.73. The fourth-order valence-electron chi connectivity index (χ4n) is 4.17. The fourth-order valence-corrected chi connectivity index (χ4v) is 4.17. The third-order valence-corrected chi connectivity index (χ3v) is 5.73. The lowest BCUT2D eigenvalue weighted by Gasteiger charge is -2.45. The lowest BCUT2D eigenvalue weighted by molar-refractivity contribution is -0.0921. The summed E-state index contributed by atoms with van der Waals surface area (Å²) in [7, 11) is 3.30. The second-order valence-electron chi connectivity index (χ2n) is 7.26. The number of hydrogen-bond donors (Lipinski definition) is 1. The van der Waals surface area contributed by atoms with Crippen molar-refractivity contribution in [1.29, 1.82) is 0 Å². The second-order valence-corrected chi connectivity index (χ2v) is 7.26. The Balaban J connectivity index is 1.44. The van der Waals surface area contributed by atoms with E-state index in [0.29, 0.717) is 19.7 Å². The maximum atomic E-state index is 12.7. The second kappa shape index (κ2) is 7.72. The molecule has 1 spiro atoms. The van der Waals surface area contributed by atoms with E-state index in [1.165, 1.54) is 11.1 Å². The summed E-state index contributed by atoms with van der Waals surface area (Å²) in [5, 5.41) is 2.96. The summed E-state index contributed by atoms with van der Waals surface area (Å²) in [5.74, 6) is 1.60. The molecule has 0 aromatic heterocycles. The van der Waals surface area contributed by atoms with Crippen LogP contribution in [0.4, 0.5) is 10.5 Å². The van der Waals surface area contributed by atoms with Gasteiger partial charge in [0.05, 0.1) is 26.4 Å². The standard InChI is InChI=1S/C22H26N2O4/c1-26-18-5-3-4-17(15-18)23-21(25)24-11-9-22(10-12-24)20-7-6-19(27-2)14-16(20)8-13-28-22/h3-7,14-15H,8-13H2,1-2H3,(H,23,25). The van der Waals surface area contributed by atoms with Crippen molar-refractivity contribution in [3.8, 4) is 11.5 Å². The van der Waals surface area contributed by atoms with E-state index in [4.69, 9.17) is 14.2 Å². The molecule has 0 unspecified atom stereocenters. The first kappa shape index (κ1) is 18.6. The number of methoxy groups -OCH3 is 2. The number of carbonyl (C=O) groups is 1. The Morgan fingerprint density at radius 2 is 1.82 bits per heavy atom. The molecule has 0 saturated carbocycles. The van der Waals surface area contributed by atoms with Crippen molar-refractivity contribution in [3.63, 3.8) is 0 Å². The monoisotopic (exact) mass is 382 g/mol. The zero-order valence-corrected chi connectivity index (χ0v) is 16.4. The first-order valence-corrected chi connectivity index (χ1v) is 9.65. The average Bonchev–Trinajstić information content (AvgIpc) is 2.74. The summed E-state index contributed by atoms with van der Waals surface area (Å²) in [6.45, 7) is 2.01. The predicted molar refractivity (Wildman–Crippen MR) is 107 cm³/mol. The maximum absolute atomic E-state index is 12.7. The molecule has 0 bridgehead atoms. The molecule has 6 nitrogen and oxygen atoms in total. The molecule has 1 N–H and O–H groups in total. The zero-order valence-electron chi connectivity index (χ0n) is 16.4. The molecule has 2 aromatic carbocycles. The van der Waals surface area contributed by atoms with E-state index in [-0.39, 0.29) is 11.6 Å². The number of urea groups is 1. The van der Waals surface area contributed by atoms with Crippen molar-refractivity contribution in [2.75, 3.05) is 39.2 Å². The largest absolute Gasteiger partial charge is 0.497 e. The quantitative estimate of drug-likeness (QED) is 0.877. The Bertz CT molecular complexity index is 859. The number of hydrogen-bond acceptors (Lipinski definition) is 4. The first-order chi connectivity index (χ1) is 13.6. The van der Waals surface area contributed by atoms with Crippen LogP contribution in [0.15, 0.2) is 42.5 Å². The molecule has 6 heteroatoms. The highest BCUT2D eigenvalue weighted by molar-refractivity contribution is 5.89. The average molecular weight is 382 g/mol. The molecule has 1 saturated heterocycles. The number of nitrogens with one attached hydrogen (secondary N) is 1. The van der Waals surface area contributed by atoms with E-state index in [0.717, 1.165) is 36.4 Å². The van der Waals surface area contributed by atoms with Gasteiger partial charge in [-0.15, -0.1) is 0 Å². The predicted octanol–water partition coefficient (Wildman–Crippen LogP) is 3.80. The Kier molecular flexibility index (Phi) is 5.13. The van der Waals surface area contributed by atoms with Crippen LogP contribution in [0.2, 0.25) is 0 Å². The van der Waals surface area contributed by atoms with Crippen LogP contribution in [0.3, 0.4) is 0 Å². The molecule has 148 valence electrons. The zero-order chi connectivity index (χ0) is 19.6.